The van der Waals surface area contributed by atoms with Gasteiger partial charge >= 0.3 is 0 Å². The normalized spacial score (nSPS) is 30.1. The van der Waals surface area contributed by atoms with E-state index in [1.54, 1.807) is 0 Å². The van der Waals surface area contributed by atoms with E-state index >= 15 is 0 Å². The lowest BCUT2D eigenvalue weighted by molar-refractivity contribution is -0.139. The van der Waals surface area contributed by atoms with Gasteiger partial charge in [-0.1, -0.05) is 0 Å². The zero-order chi connectivity index (χ0) is 8.86. The van der Waals surface area contributed by atoms with E-state index in [1.165, 1.54) is 0 Å². The van der Waals surface area contributed by atoms with Crippen LogP contribution in [0.2, 0.25) is 0 Å². The highest BCUT2D eigenvalue weighted by Gasteiger charge is 2.32. The van der Waals surface area contributed by atoms with Gasteiger partial charge in [-0.15, -0.1) is 0 Å². The van der Waals surface area contributed by atoms with Gasteiger partial charge in [-0.2, -0.15) is 0 Å². The van der Waals surface area contributed by atoms with E-state index in [0.717, 1.165) is 25.7 Å². The molecule has 3 nitrogen and oxygen atoms in total. The Morgan fingerprint density at radius 3 is 3.00 bits per heavy atom. The lowest BCUT2D eigenvalue weighted by atomic mass is 9.93. The fourth-order valence-electron chi connectivity index (χ4n) is 1.62. The van der Waals surface area contributed by atoms with Crippen LogP contribution in [0.4, 0.5) is 0 Å². The zero-order valence-corrected chi connectivity index (χ0v) is 7.54. The fourth-order valence-corrected chi connectivity index (χ4v) is 1.62. The second-order valence-corrected chi connectivity index (χ2v) is 3.14. The molecule has 0 N–H and O–H groups in total. The van der Waals surface area contributed by atoms with Gasteiger partial charge in [-0.3, -0.25) is 0 Å². The molecule has 0 aliphatic carbocycles. The van der Waals surface area contributed by atoms with Crippen LogP contribution in [0.25, 0.3) is 0 Å². The Labute approximate surface area is 73.0 Å². The van der Waals surface area contributed by atoms with Crippen molar-refractivity contribution in [2.24, 2.45) is 0 Å². The molecule has 0 aromatic rings. The van der Waals surface area contributed by atoms with E-state index in [1.807, 2.05) is 6.92 Å². The molecule has 3 heteroatoms. The van der Waals surface area contributed by atoms with E-state index in [-0.39, 0.29) is 5.60 Å². The van der Waals surface area contributed by atoms with Crippen LogP contribution in [-0.2, 0) is 14.3 Å². The van der Waals surface area contributed by atoms with E-state index in [4.69, 9.17) is 9.47 Å². The van der Waals surface area contributed by atoms with Crippen LogP contribution in [0.15, 0.2) is 0 Å². The quantitative estimate of drug-likeness (QED) is 0.597. The van der Waals surface area contributed by atoms with Gasteiger partial charge in [0.2, 0.25) is 0 Å². The molecule has 0 bridgehead atoms. The SMILES string of the molecule is CCOC1(CC=O)CCCOC1. The van der Waals surface area contributed by atoms with Crippen LogP contribution < -0.4 is 0 Å². The van der Waals surface area contributed by atoms with Crippen molar-refractivity contribution in [3.05, 3.63) is 0 Å². The standard InChI is InChI=1S/C9H16O3/c1-2-12-9(5-6-10)4-3-7-11-8-9/h6H,2-5,7-8H2,1H3. The van der Waals surface area contributed by atoms with Crippen LogP contribution in [0, 0.1) is 0 Å². The lowest BCUT2D eigenvalue weighted by Gasteiger charge is -2.35. The van der Waals surface area contributed by atoms with Crippen molar-refractivity contribution in [3.63, 3.8) is 0 Å². The van der Waals surface area contributed by atoms with Crippen molar-refractivity contribution in [1.29, 1.82) is 0 Å². The first kappa shape index (κ1) is 9.68. The Morgan fingerprint density at radius 1 is 1.67 bits per heavy atom. The second-order valence-electron chi connectivity index (χ2n) is 3.14. The molecule has 1 aliphatic rings. The number of rotatable bonds is 4. The highest BCUT2D eigenvalue weighted by Crippen LogP contribution is 2.25. The Kier molecular flexibility index (Phi) is 3.69. The number of hydrogen-bond acceptors (Lipinski definition) is 3. The number of hydrogen-bond donors (Lipinski definition) is 0. The largest absolute Gasteiger partial charge is 0.378 e. The molecule has 0 saturated carbocycles. The van der Waals surface area contributed by atoms with E-state index in [2.05, 4.69) is 0 Å². The molecular weight excluding hydrogens is 156 g/mol. The number of aldehydes is 1. The first-order valence-electron chi connectivity index (χ1n) is 4.48. The highest BCUT2D eigenvalue weighted by molar-refractivity contribution is 5.51. The third-order valence-electron chi connectivity index (χ3n) is 2.19. The minimum absolute atomic E-state index is 0.311. The average molecular weight is 172 g/mol. The molecule has 1 atom stereocenters. The van der Waals surface area contributed by atoms with Crippen molar-refractivity contribution < 1.29 is 14.3 Å². The van der Waals surface area contributed by atoms with Crippen LogP contribution in [0.5, 0.6) is 0 Å². The molecule has 1 rings (SSSR count). The van der Waals surface area contributed by atoms with Crippen LogP contribution in [0.3, 0.4) is 0 Å². The van der Waals surface area contributed by atoms with Crippen molar-refractivity contribution in [3.8, 4) is 0 Å². The molecule has 1 unspecified atom stereocenters. The Bertz CT molecular complexity index is 133. The maximum atomic E-state index is 10.4. The summed E-state index contributed by atoms with van der Waals surface area (Å²) in [4.78, 5) is 10.4. The zero-order valence-electron chi connectivity index (χ0n) is 7.54. The summed E-state index contributed by atoms with van der Waals surface area (Å²) in [5.41, 5.74) is -0.311. The molecule has 1 saturated heterocycles. The third-order valence-corrected chi connectivity index (χ3v) is 2.19. The number of carbonyl (C=O) groups excluding carboxylic acids is 1. The first-order valence-corrected chi connectivity index (χ1v) is 4.48. The molecule has 12 heavy (non-hydrogen) atoms. The molecule has 0 aromatic carbocycles. The molecular formula is C9H16O3. The first-order chi connectivity index (χ1) is 5.83. The number of carbonyl (C=O) groups is 1. The maximum Gasteiger partial charge on any atom is 0.122 e. The molecule has 0 aromatic heterocycles. The van der Waals surface area contributed by atoms with Gasteiger partial charge in [-0.25, -0.2) is 0 Å². The Balaban J connectivity index is 2.49. The van der Waals surface area contributed by atoms with E-state index in [0.29, 0.717) is 19.6 Å². The summed E-state index contributed by atoms with van der Waals surface area (Å²) >= 11 is 0. The monoisotopic (exact) mass is 172 g/mol. The minimum atomic E-state index is -0.311. The lowest BCUT2D eigenvalue weighted by Crippen LogP contribution is -2.41. The van der Waals surface area contributed by atoms with Gasteiger partial charge in [0.25, 0.3) is 0 Å². The van der Waals surface area contributed by atoms with Crippen molar-refractivity contribution in [2.75, 3.05) is 19.8 Å². The summed E-state index contributed by atoms with van der Waals surface area (Å²) < 4.78 is 10.9. The Morgan fingerprint density at radius 2 is 2.50 bits per heavy atom. The van der Waals surface area contributed by atoms with E-state index in [9.17, 15) is 4.79 Å². The van der Waals surface area contributed by atoms with Crippen LogP contribution >= 0.6 is 0 Å². The molecule has 0 amide bonds. The molecule has 0 radical (unpaired) electrons. The second kappa shape index (κ2) is 4.58. The maximum absolute atomic E-state index is 10.4. The average Bonchev–Trinajstić information content (AvgIpc) is 2.07. The smallest absolute Gasteiger partial charge is 0.122 e. The van der Waals surface area contributed by atoms with Gasteiger partial charge in [0.15, 0.2) is 0 Å². The molecule has 1 fully saturated rings. The van der Waals surface area contributed by atoms with Gasteiger partial charge in [-0.05, 0) is 19.8 Å². The van der Waals surface area contributed by atoms with Crippen molar-refractivity contribution >= 4 is 6.29 Å². The predicted octanol–water partition coefficient (Wildman–Crippen LogP) is 1.16. The van der Waals surface area contributed by atoms with Gasteiger partial charge in [0.05, 0.1) is 12.2 Å². The van der Waals surface area contributed by atoms with Crippen LogP contribution in [-0.4, -0.2) is 31.7 Å². The van der Waals surface area contributed by atoms with Crippen molar-refractivity contribution in [2.45, 2.75) is 31.8 Å². The minimum Gasteiger partial charge on any atom is -0.378 e. The highest BCUT2D eigenvalue weighted by atomic mass is 16.5. The summed E-state index contributed by atoms with van der Waals surface area (Å²) in [6, 6.07) is 0. The van der Waals surface area contributed by atoms with Gasteiger partial charge in [0, 0.05) is 19.6 Å². The molecule has 0 spiro atoms. The molecule has 1 heterocycles. The summed E-state index contributed by atoms with van der Waals surface area (Å²) in [6.07, 6.45) is 3.32. The fraction of sp³-hybridized carbons (Fsp3) is 0.889. The summed E-state index contributed by atoms with van der Waals surface area (Å²) in [7, 11) is 0. The Hall–Kier alpha value is -0.410. The molecule has 1 aliphatic heterocycles. The summed E-state index contributed by atoms with van der Waals surface area (Å²) in [6.45, 7) is 3.96. The summed E-state index contributed by atoms with van der Waals surface area (Å²) in [5.74, 6) is 0. The summed E-state index contributed by atoms with van der Waals surface area (Å²) in [5, 5.41) is 0. The third kappa shape index (κ3) is 2.29. The predicted molar refractivity (Wildman–Crippen MR) is 45.1 cm³/mol. The topological polar surface area (TPSA) is 35.5 Å². The van der Waals surface area contributed by atoms with Gasteiger partial charge in [0.1, 0.15) is 6.29 Å². The van der Waals surface area contributed by atoms with Gasteiger partial charge < -0.3 is 14.3 Å². The number of ether oxygens (including phenoxy) is 2. The van der Waals surface area contributed by atoms with Crippen LogP contribution in [0.1, 0.15) is 26.2 Å². The van der Waals surface area contributed by atoms with Crippen molar-refractivity contribution in [1.82, 2.24) is 0 Å². The van der Waals surface area contributed by atoms with E-state index < -0.39 is 0 Å². The molecule has 70 valence electrons.